The van der Waals surface area contributed by atoms with Gasteiger partial charge in [-0.15, -0.1) is 22.9 Å². The van der Waals surface area contributed by atoms with E-state index < -0.39 is 5.82 Å². The SMILES string of the molecule is Fc1cc2c(cc1Cl)nc(CCl)n2Cc1cc(Br)cs1. The Kier molecular flexibility index (Phi) is 4.04. The minimum Gasteiger partial charge on any atom is -0.322 e. The van der Waals surface area contributed by atoms with Crippen molar-refractivity contribution < 1.29 is 4.39 Å². The molecule has 0 saturated carbocycles. The molecular weight excluding hydrogens is 386 g/mol. The lowest BCUT2D eigenvalue weighted by Crippen LogP contribution is -2.02. The predicted molar refractivity (Wildman–Crippen MR) is 85.4 cm³/mol. The summed E-state index contributed by atoms with van der Waals surface area (Å²) in [4.78, 5) is 5.55. The maximum absolute atomic E-state index is 13.7. The minimum atomic E-state index is -0.450. The van der Waals surface area contributed by atoms with E-state index in [1.54, 1.807) is 11.3 Å². The highest BCUT2D eigenvalue weighted by molar-refractivity contribution is 9.10. The molecule has 0 amide bonds. The average Bonchev–Trinajstić information content (AvgIpc) is 2.96. The van der Waals surface area contributed by atoms with E-state index in [0.717, 1.165) is 9.35 Å². The van der Waals surface area contributed by atoms with Crippen LogP contribution in [0.25, 0.3) is 11.0 Å². The number of aromatic nitrogens is 2. The molecule has 104 valence electrons. The van der Waals surface area contributed by atoms with Crippen molar-refractivity contribution in [2.45, 2.75) is 12.4 Å². The van der Waals surface area contributed by atoms with Crippen LogP contribution in [0.15, 0.2) is 28.1 Å². The van der Waals surface area contributed by atoms with Crippen LogP contribution in [-0.4, -0.2) is 9.55 Å². The van der Waals surface area contributed by atoms with E-state index in [4.69, 9.17) is 23.2 Å². The first-order chi connectivity index (χ1) is 9.58. The van der Waals surface area contributed by atoms with E-state index in [9.17, 15) is 4.39 Å². The third-order valence-corrected chi connectivity index (χ3v) is 5.14. The summed E-state index contributed by atoms with van der Waals surface area (Å²) < 4.78 is 16.6. The largest absolute Gasteiger partial charge is 0.322 e. The zero-order chi connectivity index (χ0) is 14.3. The molecule has 3 rings (SSSR count). The van der Waals surface area contributed by atoms with Gasteiger partial charge in [0.2, 0.25) is 0 Å². The predicted octanol–water partition coefficient (Wildman–Crippen LogP) is 5.44. The second-order valence-electron chi connectivity index (χ2n) is 4.23. The molecule has 2 nitrogen and oxygen atoms in total. The first-order valence-corrected chi connectivity index (χ1v) is 8.30. The Labute approximate surface area is 137 Å². The molecule has 0 aliphatic heterocycles. The summed E-state index contributed by atoms with van der Waals surface area (Å²) in [6.45, 7) is 0.607. The molecule has 0 aliphatic carbocycles. The van der Waals surface area contributed by atoms with Crippen molar-refractivity contribution >= 4 is 61.5 Å². The van der Waals surface area contributed by atoms with Gasteiger partial charge in [-0.2, -0.15) is 0 Å². The van der Waals surface area contributed by atoms with Crippen molar-refractivity contribution in [3.63, 3.8) is 0 Å². The maximum atomic E-state index is 13.7. The van der Waals surface area contributed by atoms with Crippen molar-refractivity contribution in [3.8, 4) is 0 Å². The molecule has 7 heteroatoms. The molecule has 0 atom stereocenters. The second kappa shape index (κ2) is 5.64. The molecule has 0 unspecified atom stereocenters. The summed E-state index contributed by atoms with van der Waals surface area (Å²) in [5, 5.41) is 2.08. The Bertz CT molecular complexity index is 784. The van der Waals surface area contributed by atoms with Crippen molar-refractivity contribution in [2.24, 2.45) is 0 Å². The van der Waals surface area contributed by atoms with Crippen LogP contribution in [0, 0.1) is 5.82 Å². The highest BCUT2D eigenvalue weighted by Gasteiger charge is 2.14. The Morgan fingerprint density at radius 3 is 2.80 bits per heavy atom. The van der Waals surface area contributed by atoms with Crippen molar-refractivity contribution in [2.75, 3.05) is 0 Å². The quantitative estimate of drug-likeness (QED) is 0.541. The van der Waals surface area contributed by atoms with Gasteiger partial charge in [0.05, 0.1) is 28.5 Å². The van der Waals surface area contributed by atoms with Gasteiger partial charge in [-0.3, -0.25) is 0 Å². The molecule has 3 aromatic rings. The van der Waals surface area contributed by atoms with E-state index in [1.807, 2.05) is 16.0 Å². The van der Waals surface area contributed by atoms with Crippen LogP contribution in [0.1, 0.15) is 10.7 Å². The maximum Gasteiger partial charge on any atom is 0.144 e. The van der Waals surface area contributed by atoms with Gasteiger partial charge in [0.25, 0.3) is 0 Å². The molecule has 2 heterocycles. The van der Waals surface area contributed by atoms with Crippen LogP contribution in [0.5, 0.6) is 0 Å². The summed E-state index contributed by atoms with van der Waals surface area (Å²) in [6.07, 6.45) is 0. The topological polar surface area (TPSA) is 17.8 Å². The average molecular weight is 394 g/mol. The molecule has 0 aliphatic rings. The summed E-state index contributed by atoms with van der Waals surface area (Å²) in [7, 11) is 0. The summed E-state index contributed by atoms with van der Waals surface area (Å²) in [5.41, 5.74) is 1.36. The van der Waals surface area contributed by atoms with E-state index in [0.29, 0.717) is 23.4 Å². The lowest BCUT2D eigenvalue weighted by Gasteiger charge is -2.06. The Balaban J connectivity index is 2.14. The zero-order valence-electron chi connectivity index (χ0n) is 10.0. The van der Waals surface area contributed by atoms with Gasteiger partial charge in [0, 0.05) is 20.8 Å². The van der Waals surface area contributed by atoms with Gasteiger partial charge in [-0.05, 0) is 28.1 Å². The molecule has 0 saturated heterocycles. The van der Waals surface area contributed by atoms with Crippen molar-refractivity contribution in [1.29, 1.82) is 0 Å². The molecule has 0 radical (unpaired) electrons. The number of fused-ring (bicyclic) bond motifs is 1. The van der Waals surface area contributed by atoms with Gasteiger partial charge < -0.3 is 4.57 Å². The van der Waals surface area contributed by atoms with E-state index >= 15 is 0 Å². The van der Waals surface area contributed by atoms with Crippen molar-refractivity contribution in [3.05, 3.63) is 49.6 Å². The molecule has 0 N–H and O–H groups in total. The molecule has 20 heavy (non-hydrogen) atoms. The number of hydrogen-bond donors (Lipinski definition) is 0. The molecule has 0 bridgehead atoms. The Hall–Kier alpha value is -0.620. The molecule has 0 fully saturated rings. The molecular formula is C13H8BrCl2FN2S. The fraction of sp³-hybridized carbons (Fsp3) is 0.154. The molecule has 0 spiro atoms. The van der Waals surface area contributed by atoms with Gasteiger partial charge in [0.1, 0.15) is 11.6 Å². The van der Waals surface area contributed by atoms with Crippen molar-refractivity contribution in [1.82, 2.24) is 9.55 Å². The summed E-state index contributed by atoms with van der Waals surface area (Å²) >= 11 is 16.8. The summed E-state index contributed by atoms with van der Waals surface area (Å²) in [6, 6.07) is 4.97. The monoisotopic (exact) mass is 392 g/mol. The molecule has 2 aromatic heterocycles. The van der Waals surface area contributed by atoms with Crippen LogP contribution >= 0.6 is 50.5 Å². The number of hydrogen-bond acceptors (Lipinski definition) is 2. The number of benzene rings is 1. The Morgan fingerprint density at radius 2 is 2.15 bits per heavy atom. The van der Waals surface area contributed by atoms with E-state index in [2.05, 4.69) is 20.9 Å². The third-order valence-electron chi connectivity index (χ3n) is 2.92. The van der Waals surface area contributed by atoms with Crippen LogP contribution < -0.4 is 0 Å². The van der Waals surface area contributed by atoms with Gasteiger partial charge in [-0.1, -0.05) is 11.6 Å². The number of imidazole rings is 1. The smallest absolute Gasteiger partial charge is 0.144 e. The lowest BCUT2D eigenvalue weighted by molar-refractivity contribution is 0.628. The minimum absolute atomic E-state index is 0.0714. The standard InChI is InChI=1S/C13H8BrCl2FN2S/c14-7-1-8(20-6-7)5-19-12-3-10(17)9(16)2-11(12)18-13(19)4-15/h1-3,6H,4-5H2. The van der Waals surface area contributed by atoms with E-state index in [-0.39, 0.29) is 10.9 Å². The van der Waals surface area contributed by atoms with Crippen LogP contribution in [0.3, 0.4) is 0 Å². The van der Waals surface area contributed by atoms with Crippen LogP contribution in [-0.2, 0) is 12.4 Å². The van der Waals surface area contributed by atoms with Crippen LogP contribution in [0.2, 0.25) is 5.02 Å². The van der Waals surface area contributed by atoms with Gasteiger partial charge in [0.15, 0.2) is 0 Å². The highest BCUT2D eigenvalue weighted by atomic mass is 79.9. The third kappa shape index (κ3) is 2.60. The van der Waals surface area contributed by atoms with Gasteiger partial charge in [-0.25, -0.2) is 9.37 Å². The first kappa shape index (κ1) is 14.3. The number of alkyl halides is 1. The highest BCUT2D eigenvalue weighted by Crippen LogP contribution is 2.27. The number of halogens is 4. The normalized spacial score (nSPS) is 11.4. The fourth-order valence-corrected chi connectivity index (χ4v) is 3.84. The number of rotatable bonds is 3. The fourth-order valence-electron chi connectivity index (χ4n) is 2.04. The number of nitrogens with zero attached hydrogens (tertiary/aromatic N) is 2. The second-order valence-corrected chi connectivity index (χ2v) is 6.82. The first-order valence-electron chi connectivity index (χ1n) is 5.71. The Morgan fingerprint density at radius 1 is 1.35 bits per heavy atom. The zero-order valence-corrected chi connectivity index (χ0v) is 14.0. The molecule has 1 aromatic carbocycles. The number of thiophene rings is 1. The van der Waals surface area contributed by atoms with Gasteiger partial charge >= 0.3 is 0 Å². The van der Waals surface area contributed by atoms with E-state index in [1.165, 1.54) is 12.1 Å². The van der Waals surface area contributed by atoms with Crippen LogP contribution in [0.4, 0.5) is 4.39 Å². The summed E-state index contributed by atoms with van der Waals surface area (Å²) in [5.74, 6) is 0.516. The lowest BCUT2D eigenvalue weighted by atomic mass is 10.3.